The lowest BCUT2D eigenvalue weighted by Crippen LogP contribution is -2.28. The summed E-state index contributed by atoms with van der Waals surface area (Å²) in [6, 6.07) is 0. The van der Waals surface area contributed by atoms with E-state index in [9.17, 15) is 4.79 Å². The molecule has 0 aliphatic carbocycles. The van der Waals surface area contributed by atoms with E-state index in [-0.39, 0.29) is 0 Å². The molecule has 66 valence electrons. The van der Waals surface area contributed by atoms with E-state index >= 15 is 0 Å². The molecule has 0 aliphatic rings. The Morgan fingerprint density at radius 2 is 1.83 bits per heavy atom. The molecule has 0 bridgehead atoms. The normalized spacial score (nSPS) is 11.2. The molecule has 0 aliphatic heterocycles. The average molecular weight is 169 g/mol. The zero-order chi connectivity index (χ0) is 9.19. The second-order valence-electron chi connectivity index (χ2n) is 3.30. The standard InChI is InChI=1S/C7H11N3O2/c1-7(2,3)12-6(11)10-8-4-5-9-10/h4-5H,1-3H3. The molecule has 0 saturated heterocycles. The van der Waals surface area contributed by atoms with Crippen LogP contribution in [0.5, 0.6) is 0 Å². The first-order valence-electron chi connectivity index (χ1n) is 3.59. The van der Waals surface area contributed by atoms with Crippen molar-refractivity contribution in [3.63, 3.8) is 0 Å². The Labute approximate surface area is 70.3 Å². The van der Waals surface area contributed by atoms with Gasteiger partial charge in [-0.2, -0.15) is 10.2 Å². The van der Waals surface area contributed by atoms with Gasteiger partial charge in [0.2, 0.25) is 0 Å². The Morgan fingerprint density at radius 1 is 1.33 bits per heavy atom. The summed E-state index contributed by atoms with van der Waals surface area (Å²) < 4.78 is 4.98. The summed E-state index contributed by atoms with van der Waals surface area (Å²) in [6.07, 6.45) is 2.28. The maximum Gasteiger partial charge on any atom is 0.452 e. The zero-order valence-corrected chi connectivity index (χ0v) is 7.31. The predicted molar refractivity (Wildman–Crippen MR) is 41.7 cm³/mol. The van der Waals surface area contributed by atoms with Crippen molar-refractivity contribution in [3.05, 3.63) is 12.4 Å². The molecule has 5 heteroatoms. The third-order valence-electron chi connectivity index (χ3n) is 0.976. The van der Waals surface area contributed by atoms with Crippen molar-refractivity contribution in [1.29, 1.82) is 0 Å². The van der Waals surface area contributed by atoms with Crippen molar-refractivity contribution in [1.82, 2.24) is 15.0 Å². The maximum atomic E-state index is 11.1. The minimum absolute atomic E-state index is 0.509. The van der Waals surface area contributed by atoms with Gasteiger partial charge in [-0.05, 0) is 20.8 Å². The first kappa shape index (κ1) is 8.70. The summed E-state index contributed by atoms with van der Waals surface area (Å²) >= 11 is 0. The number of aromatic nitrogens is 3. The SMILES string of the molecule is CC(C)(C)OC(=O)n1nccn1. The van der Waals surface area contributed by atoms with Crippen LogP contribution < -0.4 is 0 Å². The number of carbonyl (C=O) groups excluding carboxylic acids is 1. The van der Waals surface area contributed by atoms with Crippen molar-refractivity contribution >= 4 is 6.09 Å². The van der Waals surface area contributed by atoms with Crippen LogP contribution in [0.4, 0.5) is 4.79 Å². The molecule has 0 fully saturated rings. The molecule has 0 unspecified atom stereocenters. The first-order chi connectivity index (χ1) is 5.49. The number of ether oxygens (including phenoxy) is 1. The smallest absolute Gasteiger partial charge is 0.441 e. The fourth-order valence-electron chi connectivity index (χ4n) is 0.613. The lowest BCUT2D eigenvalue weighted by atomic mass is 10.2. The van der Waals surface area contributed by atoms with E-state index in [0.29, 0.717) is 0 Å². The highest BCUT2D eigenvalue weighted by molar-refractivity contribution is 5.68. The van der Waals surface area contributed by atoms with Gasteiger partial charge < -0.3 is 4.74 Å². The van der Waals surface area contributed by atoms with E-state index in [0.717, 1.165) is 4.80 Å². The van der Waals surface area contributed by atoms with Gasteiger partial charge in [-0.15, -0.1) is 0 Å². The number of carbonyl (C=O) groups is 1. The van der Waals surface area contributed by atoms with Crippen LogP contribution in [-0.2, 0) is 4.74 Å². The van der Waals surface area contributed by atoms with Crippen LogP contribution in [0.2, 0.25) is 0 Å². The van der Waals surface area contributed by atoms with Crippen LogP contribution in [0.15, 0.2) is 12.4 Å². The van der Waals surface area contributed by atoms with Gasteiger partial charge in [0.05, 0.1) is 12.4 Å². The van der Waals surface area contributed by atoms with E-state index in [4.69, 9.17) is 4.74 Å². The third-order valence-corrected chi connectivity index (χ3v) is 0.976. The highest BCUT2D eigenvalue weighted by Crippen LogP contribution is 2.07. The Hall–Kier alpha value is -1.39. The van der Waals surface area contributed by atoms with E-state index < -0.39 is 11.7 Å². The molecule has 0 spiro atoms. The second kappa shape index (κ2) is 2.92. The number of nitrogens with zero attached hydrogens (tertiary/aromatic N) is 3. The van der Waals surface area contributed by atoms with Gasteiger partial charge in [0.15, 0.2) is 0 Å². The first-order valence-corrected chi connectivity index (χ1v) is 3.59. The quantitative estimate of drug-likeness (QED) is 0.582. The van der Waals surface area contributed by atoms with Gasteiger partial charge in [0.25, 0.3) is 0 Å². The molecule has 1 heterocycles. The molecule has 0 saturated carbocycles. The van der Waals surface area contributed by atoms with Gasteiger partial charge in [-0.1, -0.05) is 4.80 Å². The van der Waals surface area contributed by atoms with Gasteiger partial charge in [0, 0.05) is 0 Å². The fraction of sp³-hybridized carbons (Fsp3) is 0.571. The Bertz CT molecular complexity index is 261. The van der Waals surface area contributed by atoms with Crippen molar-refractivity contribution < 1.29 is 9.53 Å². The van der Waals surface area contributed by atoms with Crippen LogP contribution in [0.25, 0.3) is 0 Å². The molecule has 5 nitrogen and oxygen atoms in total. The summed E-state index contributed by atoms with van der Waals surface area (Å²) in [5.41, 5.74) is -0.509. The number of rotatable bonds is 0. The van der Waals surface area contributed by atoms with Gasteiger partial charge in [0.1, 0.15) is 5.60 Å². The third kappa shape index (κ3) is 2.34. The Kier molecular flexibility index (Phi) is 2.12. The fourth-order valence-corrected chi connectivity index (χ4v) is 0.613. The molecular weight excluding hydrogens is 158 g/mol. The predicted octanol–water partition coefficient (Wildman–Crippen LogP) is 1.06. The van der Waals surface area contributed by atoms with Crippen LogP contribution in [-0.4, -0.2) is 26.7 Å². The van der Waals surface area contributed by atoms with Crippen LogP contribution in [0, 0.1) is 0 Å². The molecule has 0 amide bonds. The molecule has 1 aromatic rings. The number of hydrogen-bond acceptors (Lipinski definition) is 4. The topological polar surface area (TPSA) is 57.0 Å². The van der Waals surface area contributed by atoms with Crippen molar-refractivity contribution in [3.8, 4) is 0 Å². The second-order valence-corrected chi connectivity index (χ2v) is 3.30. The lowest BCUT2D eigenvalue weighted by Gasteiger charge is -2.18. The van der Waals surface area contributed by atoms with E-state index in [2.05, 4.69) is 10.2 Å². The largest absolute Gasteiger partial charge is 0.452 e. The van der Waals surface area contributed by atoms with Gasteiger partial charge >= 0.3 is 6.09 Å². The summed E-state index contributed by atoms with van der Waals surface area (Å²) in [5.74, 6) is 0. The molecule has 0 atom stereocenters. The minimum atomic E-state index is -0.563. The minimum Gasteiger partial charge on any atom is -0.441 e. The van der Waals surface area contributed by atoms with Crippen LogP contribution in [0.3, 0.4) is 0 Å². The van der Waals surface area contributed by atoms with E-state index in [1.807, 2.05) is 0 Å². The van der Waals surface area contributed by atoms with Crippen molar-refractivity contribution in [2.24, 2.45) is 0 Å². The Morgan fingerprint density at radius 3 is 2.25 bits per heavy atom. The van der Waals surface area contributed by atoms with Crippen molar-refractivity contribution in [2.45, 2.75) is 26.4 Å². The van der Waals surface area contributed by atoms with Gasteiger partial charge in [-0.25, -0.2) is 4.79 Å². The summed E-state index contributed by atoms with van der Waals surface area (Å²) in [5, 5.41) is 7.26. The highest BCUT2D eigenvalue weighted by Gasteiger charge is 2.18. The molecule has 0 N–H and O–H groups in total. The van der Waals surface area contributed by atoms with Gasteiger partial charge in [-0.3, -0.25) is 0 Å². The van der Waals surface area contributed by atoms with E-state index in [1.54, 1.807) is 20.8 Å². The molecule has 12 heavy (non-hydrogen) atoms. The Balaban J connectivity index is 2.63. The van der Waals surface area contributed by atoms with Crippen LogP contribution in [0.1, 0.15) is 20.8 Å². The summed E-state index contributed by atoms with van der Waals surface area (Å²) in [7, 11) is 0. The monoisotopic (exact) mass is 169 g/mol. The highest BCUT2D eigenvalue weighted by atomic mass is 16.6. The lowest BCUT2D eigenvalue weighted by molar-refractivity contribution is 0.0488. The molecule has 0 radical (unpaired) electrons. The van der Waals surface area contributed by atoms with E-state index in [1.165, 1.54) is 12.4 Å². The average Bonchev–Trinajstić information content (AvgIpc) is 2.32. The molecule has 1 rings (SSSR count). The molecule has 1 aromatic heterocycles. The molecule has 0 aromatic carbocycles. The summed E-state index contributed by atoms with van der Waals surface area (Å²) in [6.45, 7) is 5.36. The summed E-state index contributed by atoms with van der Waals surface area (Å²) in [4.78, 5) is 12.0. The maximum absolute atomic E-state index is 11.1. The number of hydrogen-bond donors (Lipinski definition) is 0. The zero-order valence-electron chi connectivity index (χ0n) is 7.31. The van der Waals surface area contributed by atoms with Crippen molar-refractivity contribution in [2.75, 3.05) is 0 Å². The molecular formula is C7H11N3O2. The van der Waals surface area contributed by atoms with Crippen LogP contribution >= 0.6 is 0 Å².